The average Bonchev–Trinajstić information content (AvgIpc) is 2.83. The molecule has 1 aliphatic carbocycles. The van der Waals surface area contributed by atoms with Crippen molar-refractivity contribution in [2.24, 2.45) is 11.8 Å². The molecular weight excluding hydrogens is 236 g/mol. The van der Waals surface area contributed by atoms with E-state index in [-0.39, 0.29) is 5.92 Å². The van der Waals surface area contributed by atoms with E-state index < -0.39 is 5.97 Å². The van der Waals surface area contributed by atoms with Crippen molar-refractivity contribution in [1.29, 1.82) is 0 Å². The quantitative estimate of drug-likeness (QED) is 0.845. The molecule has 1 fully saturated rings. The maximum atomic E-state index is 10.8. The summed E-state index contributed by atoms with van der Waals surface area (Å²) in [5.74, 6) is -0.0904. The lowest BCUT2D eigenvalue weighted by atomic mass is 9.82. The third kappa shape index (κ3) is 3.78. The van der Waals surface area contributed by atoms with Gasteiger partial charge in [0.1, 0.15) is 0 Å². The van der Waals surface area contributed by atoms with E-state index in [1.165, 1.54) is 4.88 Å². The summed E-state index contributed by atoms with van der Waals surface area (Å²) >= 11 is 1.66. The van der Waals surface area contributed by atoms with Crippen LogP contribution >= 0.6 is 11.3 Å². The van der Waals surface area contributed by atoms with Gasteiger partial charge < -0.3 is 10.4 Å². The first kappa shape index (κ1) is 12.5. The molecule has 2 rings (SSSR count). The van der Waals surface area contributed by atoms with Gasteiger partial charge in [0.05, 0.1) is 11.4 Å². The fourth-order valence-corrected chi connectivity index (χ4v) is 2.91. The molecule has 17 heavy (non-hydrogen) atoms. The monoisotopic (exact) mass is 254 g/mol. The van der Waals surface area contributed by atoms with Crippen molar-refractivity contribution in [3.05, 3.63) is 16.6 Å². The maximum Gasteiger partial charge on any atom is 0.306 e. The normalized spacial score (nSPS) is 24.7. The minimum Gasteiger partial charge on any atom is -0.481 e. The van der Waals surface area contributed by atoms with Gasteiger partial charge in [-0.2, -0.15) is 0 Å². The number of rotatable bonds is 5. The van der Waals surface area contributed by atoms with Gasteiger partial charge in [0, 0.05) is 17.6 Å². The zero-order chi connectivity index (χ0) is 12.1. The van der Waals surface area contributed by atoms with Crippen LogP contribution in [0.2, 0.25) is 0 Å². The van der Waals surface area contributed by atoms with E-state index in [0.29, 0.717) is 5.92 Å². The second-order valence-corrected chi connectivity index (χ2v) is 5.63. The van der Waals surface area contributed by atoms with Gasteiger partial charge in [-0.3, -0.25) is 9.78 Å². The third-order valence-corrected chi connectivity index (χ3v) is 4.19. The SMILES string of the molecule is O=C(O)C1CCC(CNCc2cncs2)CC1. The number of nitrogens with one attached hydrogen (secondary N) is 1. The second kappa shape index (κ2) is 6.12. The van der Waals surface area contributed by atoms with E-state index in [0.717, 1.165) is 38.8 Å². The molecular formula is C12H18N2O2S. The van der Waals surface area contributed by atoms with E-state index in [4.69, 9.17) is 5.11 Å². The summed E-state index contributed by atoms with van der Waals surface area (Å²) in [6.45, 7) is 1.87. The topological polar surface area (TPSA) is 62.2 Å². The molecule has 0 atom stereocenters. The van der Waals surface area contributed by atoms with Crippen LogP contribution in [-0.2, 0) is 11.3 Å². The zero-order valence-electron chi connectivity index (χ0n) is 9.76. The highest BCUT2D eigenvalue weighted by molar-refractivity contribution is 7.09. The lowest BCUT2D eigenvalue weighted by Gasteiger charge is -2.26. The summed E-state index contributed by atoms with van der Waals surface area (Å²) in [4.78, 5) is 16.1. The highest BCUT2D eigenvalue weighted by Crippen LogP contribution is 2.28. The van der Waals surface area contributed by atoms with E-state index in [9.17, 15) is 4.79 Å². The number of carboxylic acids is 1. The standard InChI is InChI=1S/C12H18N2O2S/c15-12(16)10-3-1-9(2-4-10)5-13-6-11-7-14-8-17-11/h7-10,13H,1-6H2,(H,15,16). The van der Waals surface area contributed by atoms with Crippen LogP contribution in [0.4, 0.5) is 0 Å². The largest absolute Gasteiger partial charge is 0.481 e. The van der Waals surface area contributed by atoms with Gasteiger partial charge >= 0.3 is 5.97 Å². The Morgan fingerprint density at radius 3 is 2.82 bits per heavy atom. The molecule has 0 aliphatic heterocycles. The Bertz CT molecular complexity index is 345. The molecule has 2 N–H and O–H groups in total. The highest BCUT2D eigenvalue weighted by Gasteiger charge is 2.25. The van der Waals surface area contributed by atoms with Crippen molar-refractivity contribution in [3.8, 4) is 0 Å². The first-order valence-electron chi connectivity index (χ1n) is 6.06. The van der Waals surface area contributed by atoms with Crippen LogP contribution in [0.1, 0.15) is 30.6 Å². The Kier molecular flexibility index (Phi) is 4.50. The molecule has 4 nitrogen and oxygen atoms in total. The smallest absolute Gasteiger partial charge is 0.306 e. The first-order valence-corrected chi connectivity index (χ1v) is 6.94. The number of thiazole rings is 1. The Balaban J connectivity index is 1.63. The van der Waals surface area contributed by atoms with E-state index in [1.54, 1.807) is 11.3 Å². The average molecular weight is 254 g/mol. The van der Waals surface area contributed by atoms with Crippen molar-refractivity contribution in [2.75, 3.05) is 6.54 Å². The van der Waals surface area contributed by atoms with Crippen LogP contribution in [0.5, 0.6) is 0 Å². The number of carbonyl (C=O) groups is 1. The number of nitrogens with zero attached hydrogens (tertiary/aromatic N) is 1. The molecule has 1 heterocycles. The van der Waals surface area contributed by atoms with Gasteiger partial charge in [0.15, 0.2) is 0 Å². The molecule has 0 amide bonds. The minimum absolute atomic E-state index is 0.104. The summed E-state index contributed by atoms with van der Waals surface area (Å²) in [5.41, 5.74) is 1.84. The molecule has 1 aromatic rings. The summed E-state index contributed by atoms with van der Waals surface area (Å²) in [6, 6.07) is 0. The molecule has 5 heteroatoms. The molecule has 0 saturated heterocycles. The van der Waals surface area contributed by atoms with Gasteiger partial charge in [-0.15, -0.1) is 11.3 Å². The minimum atomic E-state index is -0.624. The van der Waals surface area contributed by atoms with Crippen molar-refractivity contribution >= 4 is 17.3 Å². The predicted octanol–water partition coefficient (Wildman–Crippen LogP) is 2.12. The van der Waals surface area contributed by atoms with Gasteiger partial charge in [-0.05, 0) is 38.1 Å². The molecule has 1 aliphatic rings. The van der Waals surface area contributed by atoms with E-state index >= 15 is 0 Å². The Hall–Kier alpha value is -0.940. The van der Waals surface area contributed by atoms with Crippen molar-refractivity contribution in [3.63, 3.8) is 0 Å². The molecule has 1 saturated carbocycles. The predicted molar refractivity (Wildman–Crippen MR) is 66.9 cm³/mol. The van der Waals surface area contributed by atoms with Gasteiger partial charge in [-0.1, -0.05) is 0 Å². The third-order valence-electron chi connectivity index (χ3n) is 3.41. The lowest BCUT2D eigenvalue weighted by molar-refractivity contribution is -0.143. The molecule has 0 bridgehead atoms. The Labute approximate surface area is 105 Å². The molecule has 0 spiro atoms. The van der Waals surface area contributed by atoms with E-state index in [1.807, 2.05) is 11.7 Å². The first-order chi connectivity index (χ1) is 8.25. The van der Waals surface area contributed by atoms with Crippen LogP contribution in [0, 0.1) is 11.8 Å². The van der Waals surface area contributed by atoms with Crippen LogP contribution in [0.3, 0.4) is 0 Å². The highest BCUT2D eigenvalue weighted by atomic mass is 32.1. The van der Waals surface area contributed by atoms with Crippen molar-refractivity contribution in [2.45, 2.75) is 32.2 Å². The van der Waals surface area contributed by atoms with Gasteiger partial charge in [-0.25, -0.2) is 0 Å². The number of carboxylic acid groups (broad SMARTS) is 1. The Morgan fingerprint density at radius 2 is 2.24 bits per heavy atom. The van der Waals surface area contributed by atoms with Crippen LogP contribution < -0.4 is 5.32 Å². The molecule has 0 unspecified atom stereocenters. The van der Waals surface area contributed by atoms with Crippen LogP contribution in [-0.4, -0.2) is 22.6 Å². The molecule has 1 aromatic heterocycles. The summed E-state index contributed by atoms with van der Waals surface area (Å²) < 4.78 is 0. The van der Waals surface area contributed by atoms with Gasteiger partial charge in [0.25, 0.3) is 0 Å². The number of aromatic nitrogens is 1. The number of aliphatic carboxylic acids is 1. The van der Waals surface area contributed by atoms with Crippen LogP contribution in [0.15, 0.2) is 11.7 Å². The van der Waals surface area contributed by atoms with Crippen molar-refractivity contribution in [1.82, 2.24) is 10.3 Å². The zero-order valence-corrected chi connectivity index (χ0v) is 10.6. The van der Waals surface area contributed by atoms with E-state index in [2.05, 4.69) is 10.3 Å². The van der Waals surface area contributed by atoms with Crippen molar-refractivity contribution < 1.29 is 9.90 Å². The fraction of sp³-hybridized carbons (Fsp3) is 0.667. The van der Waals surface area contributed by atoms with Crippen LogP contribution in [0.25, 0.3) is 0 Å². The summed E-state index contributed by atoms with van der Waals surface area (Å²) in [7, 11) is 0. The second-order valence-electron chi connectivity index (χ2n) is 4.65. The maximum absolute atomic E-state index is 10.8. The molecule has 94 valence electrons. The summed E-state index contributed by atoms with van der Waals surface area (Å²) in [5, 5.41) is 12.3. The number of hydrogen-bond donors (Lipinski definition) is 2. The molecule has 0 aromatic carbocycles. The number of hydrogen-bond acceptors (Lipinski definition) is 4. The fourth-order valence-electron chi connectivity index (χ4n) is 2.34. The molecule has 0 radical (unpaired) electrons. The lowest BCUT2D eigenvalue weighted by Crippen LogP contribution is -2.28. The van der Waals surface area contributed by atoms with Gasteiger partial charge in [0.2, 0.25) is 0 Å². The summed E-state index contributed by atoms with van der Waals surface area (Å²) in [6.07, 6.45) is 5.63. The Morgan fingerprint density at radius 1 is 1.47 bits per heavy atom.